The van der Waals surface area contributed by atoms with Crippen molar-refractivity contribution >= 4 is 17.4 Å². The highest BCUT2D eigenvalue weighted by Crippen LogP contribution is 2.32. The maximum absolute atomic E-state index is 12.4. The van der Waals surface area contributed by atoms with Crippen LogP contribution in [0, 0.1) is 0 Å². The summed E-state index contributed by atoms with van der Waals surface area (Å²) in [6.45, 7) is 0. The van der Waals surface area contributed by atoms with Crippen molar-refractivity contribution in [1.82, 2.24) is 9.97 Å². The molecule has 2 heterocycles. The number of rotatable bonds is 3. The van der Waals surface area contributed by atoms with E-state index in [0.717, 1.165) is 24.0 Å². The first-order valence-corrected chi connectivity index (χ1v) is 6.23. The van der Waals surface area contributed by atoms with Gasteiger partial charge in [-0.3, -0.25) is 0 Å². The van der Waals surface area contributed by atoms with Gasteiger partial charge in [-0.05, 0) is 36.0 Å². The lowest BCUT2D eigenvalue weighted by Crippen LogP contribution is -2.05. The van der Waals surface area contributed by atoms with Crippen molar-refractivity contribution in [2.75, 3.05) is 12.8 Å². The van der Waals surface area contributed by atoms with Gasteiger partial charge in [0.2, 0.25) is 5.88 Å². The molecule has 0 amide bonds. The molecule has 2 aromatic heterocycles. The normalized spacial score (nSPS) is 11.4. The first-order chi connectivity index (χ1) is 9.40. The van der Waals surface area contributed by atoms with E-state index in [0.29, 0.717) is 15.7 Å². The van der Waals surface area contributed by atoms with Gasteiger partial charge in [-0.2, -0.15) is 13.2 Å². The molecule has 106 valence electrons. The Labute approximate surface area is 117 Å². The second-order valence-corrected chi connectivity index (χ2v) is 4.77. The average molecular weight is 301 g/mol. The molecule has 0 saturated carbocycles. The van der Waals surface area contributed by atoms with Crippen molar-refractivity contribution in [3.8, 4) is 5.88 Å². The lowest BCUT2D eigenvalue weighted by Gasteiger charge is -2.07. The van der Waals surface area contributed by atoms with Crippen molar-refractivity contribution in [2.24, 2.45) is 0 Å². The second-order valence-electron chi connectivity index (χ2n) is 3.73. The van der Waals surface area contributed by atoms with Crippen LogP contribution in [-0.2, 0) is 6.18 Å². The molecule has 0 bridgehead atoms. The maximum Gasteiger partial charge on any atom is 0.417 e. The molecule has 0 unspecified atom stereocenters. The Balaban J connectivity index is 2.18. The molecule has 2 aromatic rings. The fourth-order valence-electron chi connectivity index (χ4n) is 1.37. The highest BCUT2D eigenvalue weighted by molar-refractivity contribution is 7.99. The van der Waals surface area contributed by atoms with E-state index in [2.05, 4.69) is 9.97 Å². The molecule has 0 atom stereocenters. The van der Waals surface area contributed by atoms with Crippen LogP contribution < -0.4 is 10.5 Å². The number of alkyl halides is 3. The number of methoxy groups -OCH3 is 1. The quantitative estimate of drug-likeness (QED) is 0.943. The molecular formula is C12H10F3N3OS. The summed E-state index contributed by atoms with van der Waals surface area (Å²) < 4.78 is 42.2. The fraction of sp³-hybridized carbons (Fsp3) is 0.167. The Morgan fingerprint density at radius 1 is 1.15 bits per heavy atom. The van der Waals surface area contributed by atoms with Crippen LogP contribution in [0.3, 0.4) is 0 Å². The van der Waals surface area contributed by atoms with Gasteiger partial charge in [0.1, 0.15) is 10.1 Å². The summed E-state index contributed by atoms with van der Waals surface area (Å²) in [7, 11) is 1.43. The minimum Gasteiger partial charge on any atom is -0.480 e. The van der Waals surface area contributed by atoms with E-state index in [-0.39, 0.29) is 5.88 Å². The van der Waals surface area contributed by atoms with Crippen molar-refractivity contribution in [1.29, 1.82) is 0 Å². The standard InChI is InChI=1S/C12H10F3N3OS/c1-19-11-8(16)3-5-10(18-11)20-9-4-2-7(6-17-9)12(13,14)15/h2-6H,16H2,1H3. The van der Waals surface area contributed by atoms with Crippen molar-refractivity contribution < 1.29 is 17.9 Å². The zero-order valence-electron chi connectivity index (χ0n) is 10.3. The van der Waals surface area contributed by atoms with E-state index in [1.807, 2.05) is 0 Å². The predicted molar refractivity (Wildman–Crippen MR) is 68.6 cm³/mol. The number of anilines is 1. The monoisotopic (exact) mass is 301 g/mol. The molecule has 0 fully saturated rings. The summed E-state index contributed by atoms with van der Waals surface area (Å²) in [6, 6.07) is 5.52. The van der Waals surface area contributed by atoms with E-state index in [9.17, 15) is 13.2 Å². The van der Waals surface area contributed by atoms with Crippen LogP contribution in [0.5, 0.6) is 5.88 Å². The Bertz CT molecular complexity index is 602. The topological polar surface area (TPSA) is 61.0 Å². The summed E-state index contributed by atoms with van der Waals surface area (Å²) in [5.74, 6) is 0.266. The first-order valence-electron chi connectivity index (χ1n) is 5.42. The van der Waals surface area contributed by atoms with E-state index >= 15 is 0 Å². The minimum atomic E-state index is -4.39. The number of nitrogens with zero attached hydrogens (tertiary/aromatic N) is 2. The molecular weight excluding hydrogens is 291 g/mol. The molecule has 0 aliphatic carbocycles. The molecule has 0 saturated heterocycles. The van der Waals surface area contributed by atoms with Crippen LogP contribution in [0.4, 0.5) is 18.9 Å². The van der Waals surface area contributed by atoms with E-state index < -0.39 is 11.7 Å². The number of hydrogen-bond acceptors (Lipinski definition) is 5. The summed E-state index contributed by atoms with van der Waals surface area (Å²) in [4.78, 5) is 7.86. The SMILES string of the molecule is COc1nc(Sc2ccc(C(F)(F)F)cn2)ccc1N. The van der Waals surface area contributed by atoms with E-state index in [1.54, 1.807) is 12.1 Å². The Morgan fingerprint density at radius 3 is 2.40 bits per heavy atom. The third-order valence-electron chi connectivity index (χ3n) is 2.33. The van der Waals surface area contributed by atoms with Crippen molar-refractivity contribution in [3.05, 3.63) is 36.0 Å². The number of aromatic nitrogens is 2. The number of ether oxygens (including phenoxy) is 1. The predicted octanol–water partition coefficient (Wildman–Crippen LogP) is 3.24. The molecule has 2 N–H and O–H groups in total. The molecule has 0 spiro atoms. The van der Waals surface area contributed by atoms with Gasteiger partial charge in [0.15, 0.2) is 0 Å². The van der Waals surface area contributed by atoms with Gasteiger partial charge < -0.3 is 10.5 Å². The van der Waals surface area contributed by atoms with Gasteiger partial charge in [0.05, 0.1) is 18.4 Å². The van der Waals surface area contributed by atoms with Crippen molar-refractivity contribution in [3.63, 3.8) is 0 Å². The van der Waals surface area contributed by atoms with E-state index in [1.165, 1.54) is 13.2 Å². The van der Waals surface area contributed by atoms with Crippen LogP contribution >= 0.6 is 11.8 Å². The largest absolute Gasteiger partial charge is 0.480 e. The van der Waals surface area contributed by atoms with Gasteiger partial charge in [0, 0.05) is 6.20 Å². The average Bonchev–Trinajstić information content (AvgIpc) is 2.40. The minimum absolute atomic E-state index is 0.266. The lowest BCUT2D eigenvalue weighted by atomic mass is 10.3. The molecule has 0 aliphatic heterocycles. The first kappa shape index (κ1) is 14.4. The number of nitrogen functional groups attached to an aromatic ring is 1. The summed E-state index contributed by atoms with van der Waals surface area (Å²) >= 11 is 1.12. The molecule has 8 heteroatoms. The lowest BCUT2D eigenvalue weighted by molar-refractivity contribution is -0.137. The number of nitrogens with two attached hydrogens (primary N) is 1. The van der Waals surface area contributed by atoms with Crippen LogP contribution in [0.2, 0.25) is 0 Å². The summed E-state index contributed by atoms with van der Waals surface area (Å²) in [5, 5.41) is 0.931. The van der Waals surface area contributed by atoms with E-state index in [4.69, 9.17) is 10.5 Å². The smallest absolute Gasteiger partial charge is 0.417 e. The Morgan fingerprint density at radius 2 is 1.85 bits per heavy atom. The second kappa shape index (κ2) is 5.58. The van der Waals surface area contributed by atoms with Gasteiger partial charge in [-0.1, -0.05) is 0 Å². The van der Waals surface area contributed by atoms with Gasteiger partial charge >= 0.3 is 6.18 Å². The highest BCUT2D eigenvalue weighted by Gasteiger charge is 2.30. The molecule has 2 rings (SSSR count). The number of halogens is 3. The molecule has 0 aromatic carbocycles. The number of hydrogen-bond donors (Lipinski definition) is 1. The Kier molecular flexibility index (Phi) is 4.03. The molecule has 0 radical (unpaired) electrons. The molecule has 20 heavy (non-hydrogen) atoms. The fourth-order valence-corrected chi connectivity index (χ4v) is 2.09. The van der Waals surface area contributed by atoms with Crippen LogP contribution in [0.15, 0.2) is 40.5 Å². The maximum atomic E-state index is 12.4. The number of pyridine rings is 2. The zero-order valence-corrected chi connectivity index (χ0v) is 11.1. The van der Waals surface area contributed by atoms with Crippen LogP contribution in [0.25, 0.3) is 0 Å². The summed E-state index contributed by atoms with van der Waals surface area (Å²) in [5.41, 5.74) is 5.22. The zero-order chi connectivity index (χ0) is 14.8. The van der Waals surface area contributed by atoms with Gasteiger partial charge in [-0.15, -0.1) is 0 Å². The molecule has 4 nitrogen and oxygen atoms in total. The summed E-state index contributed by atoms with van der Waals surface area (Å²) in [6.07, 6.45) is -3.60. The third kappa shape index (κ3) is 3.32. The van der Waals surface area contributed by atoms with Crippen LogP contribution in [-0.4, -0.2) is 17.1 Å². The molecule has 0 aliphatic rings. The highest BCUT2D eigenvalue weighted by atomic mass is 32.2. The van der Waals surface area contributed by atoms with Gasteiger partial charge in [-0.25, -0.2) is 9.97 Å². The Hall–Kier alpha value is -1.96. The third-order valence-corrected chi connectivity index (χ3v) is 3.22. The van der Waals surface area contributed by atoms with Gasteiger partial charge in [0.25, 0.3) is 0 Å². The van der Waals surface area contributed by atoms with Crippen LogP contribution in [0.1, 0.15) is 5.56 Å². The van der Waals surface area contributed by atoms with Crippen molar-refractivity contribution in [2.45, 2.75) is 16.2 Å².